The average Bonchev–Trinajstić information content (AvgIpc) is 2.08. The van der Waals surface area contributed by atoms with Crippen molar-refractivity contribution >= 4 is 21.7 Å². The summed E-state index contributed by atoms with van der Waals surface area (Å²) in [5.41, 5.74) is 0.329. The van der Waals surface area contributed by atoms with Crippen LogP contribution in [0, 0.1) is 21.4 Å². The van der Waals surface area contributed by atoms with Gasteiger partial charge in [0.15, 0.2) is 0 Å². The second kappa shape index (κ2) is 3.96. The summed E-state index contributed by atoms with van der Waals surface area (Å²) in [6, 6.07) is 4.92. The Morgan fingerprint density at radius 1 is 1.69 bits per heavy atom. The topological polar surface area (TPSA) is 79.8 Å². The highest BCUT2D eigenvalue weighted by molar-refractivity contribution is 9.10. The molecular weight excluding hydrogens is 238 g/mol. The molecule has 0 spiro atoms. The lowest BCUT2D eigenvalue weighted by atomic mass is 10.2. The summed E-state index contributed by atoms with van der Waals surface area (Å²) in [5, 5.41) is 18.8. The summed E-state index contributed by atoms with van der Waals surface area (Å²) < 4.78 is 0.390. The van der Waals surface area contributed by atoms with Crippen molar-refractivity contribution in [3.05, 3.63) is 32.4 Å². The second-order valence-electron chi connectivity index (χ2n) is 2.21. The fourth-order valence-electron chi connectivity index (χ4n) is 0.835. The molecule has 0 bridgehead atoms. The van der Waals surface area contributed by atoms with E-state index in [1.807, 2.05) is 6.07 Å². The Bertz CT molecular complexity index is 386. The maximum Gasteiger partial charge on any atom is 0.368 e. The molecule has 0 aliphatic carbocycles. The molecule has 0 saturated carbocycles. The minimum Gasteiger partial charge on any atom is -0.358 e. The van der Waals surface area contributed by atoms with Crippen molar-refractivity contribution in [2.75, 3.05) is 0 Å². The zero-order valence-electron chi connectivity index (χ0n) is 6.40. The Morgan fingerprint density at radius 2 is 2.38 bits per heavy atom. The van der Waals surface area contributed by atoms with Crippen LogP contribution in [0.15, 0.2) is 16.7 Å². The fraction of sp³-hybridized carbons (Fsp3) is 0.143. The minimum atomic E-state index is -0.600. The van der Waals surface area contributed by atoms with Crippen molar-refractivity contribution in [2.24, 2.45) is 0 Å². The predicted octanol–water partition coefficient (Wildman–Crippen LogP) is 1.82. The Labute approximate surface area is 82.3 Å². The van der Waals surface area contributed by atoms with E-state index >= 15 is 0 Å². The van der Waals surface area contributed by atoms with Gasteiger partial charge in [-0.25, -0.2) is 0 Å². The molecule has 0 unspecified atom stereocenters. The first-order valence-corrected chi connectivity index (χ1v) is 4.11. The highest BCUT2D eigenvalue weighted by Crippen LogP contribution is 2.18. The van der Waals surface area contributed by atoms with Crippen LogP contribution in [0.2, 0.25) is 0 Å². The summed E-state index contributed by atoms with van der Waals surface area (Å²) in [7, 11) is 0. The number of hydrogen-bond donors (Lipinski definition) is 0. The van der Waals surface area contributed by atoms with Crippen molar-refractivity contribution in [1.82, 2.24) is 4.98 Å². The number of halogens is 1. The van der Waals surface area contributed by atoms with Crippen LogP contribution >= 0.6 is 15.9 Å². The normalized spacial score (nSPS) is 9.23. The van der Waals surface area contributed by atoms with Gasteiger partial charge in [-0.2, -0.15) is 5.26 Å². The van der Waals surface area contributed by atoms with E-state index in [1.54, 1.807) is 6.07 Å². The molecule has 0 aliphatic heterocycles. The highest BCUT2D eigenvalue weighted by atomic mass is 79.9. The van der Waals surface area contributed by atoms with Crippen LogP contribution in [-0.2, 0) is 6.42 Å². The van der Waals surface area contributed by atoms with Gasteiger partial charge in [-0.3, -0.25) is 0 Å². The van der Waals surface area contributed by atoms with Gasteiger partial charge in [-0.1, -0.05) is 0 Å². The van der Waals surface area contributed by atoms with E-state index in [0.717, 1.165) is 0 Å². The van der Waals surface area contributed by atoms with Gasteiger partial charge in [-0.05, 0) is 22.0 Å². The maximum absolute atomic E-state index is 10.5. The molecule has 1 heterocycles. The molecule has 0 radical (unpaired) electrons. The first-order chi connectivity index (χ1) is 6.15. The Kier molecular flexibility index (Phi) is 2.93. The van der Waals surface area contributed by atoms with Gasteiger partial charge in [0.05, 0.1) is 18.1 Å². The molecule has 0 aliphatic rings. The summed E-state index contributed by atoms with van der Waals surface area (Å²) in [5.74, 6) is -0.268. The molecular formula is C7H4BrN3O2. The largest absolute Gasteiger partial charge is 0.368 e. The van der Waals surface area contributed by atoms with Crippen molar-refractivity contribution in [3.63, 3.8) is 0 Å². The van der Waals surface area contributed by atoms with E-state index in [9.17, 15) is 10.1 Å². The van der Waals surface area contributed by atoms with Crippen LogP contribution in [0.5, 0.6) is 0 Å². The lowest BCUT2D eigenvalue weighted by Gasteiger charge is -1.96. The molecule has 66 valence electrons. The molecule has 0 saturated heterocycles. The zero-order valence-corrected chi connectivity index (χ0v) is 7.98. The van der Waals surface area contributed by atoms with Gasteiger partial charge in [0.1, 0.15) is 0 Å². The number of nitrogens with zero attached hydrogens (tertiary/aromatic N) is 3. The minimum absolute atomic E-state index is 0.00338. The van der Waals surface area contributed by atoms with Crippen molar-refractivity contribution in [1.29, 1.82) is 5.26 Å². The summed E-state index contributed by atoms with van der Waals surface area (Å²) in [4.78, 5) is 13.5. The van der Waals surface area contributed by atoms with E-state index < -0.39 is 4.92 Å². The number of nitro groups is 1. The smallest absolute Gasteiger partial charge is 0.358 e. The molecule has 1 rings (SSSR count). The third-order valence-electron chi connectivity index (χ3n) is 1.36. The van der Waals surface area contributed by atoms with Gasteiger partial charge >= 0.3 is 5.82 Å². The average molecular weight is 242 g/mol. The molecule has 13 heavy (non-hydrogen) atoms. The lowest BCUT2D eigenvalue weighted by Crippen LogP contribution is -1.98. The van der Waals surface area contributed by atoms with Gasteiger partial charge < -0.3 is 10.1 Å². The Morgan fingerprint density at radius 3 is 2.92 bits per heavy atom. The first-order valence-electron chi connectivity index (χ1n) is 3.32. The van der Waals surface area contributed by atoms with Crippen LogP contribution in [-0.4, -0.2) is 9.91 Å². The van der Waals surface area contributed by atoms with E-state index in [0.29, 0.717) is 10.2 Å². The van der Waals surface area contributed by atoms with Crippen LogP contribution in [0.3, 0.4) is 0 Å². The van der Waals surface area contributed by atoms with Crippen molar-refractivity contribution in [2.45, 2.75) is 6.42 Å². The van der Waals surface area contributed by atoms with E-state index in [-0.39, 0.29) is 12.2 Å². The SMILES string of the molecule is N#CCc1ccc(Br)nc1[N+](=O)[O-]. The molecule has 0 atom stereocenters. The van der Waals surface area contributed by atoms with Crippen LogP contribution < -0.4 is 0 Å². The fourth-order valence-corrected chi connectivity index (χ4v) is 1.14. The monoisotopic (exact) mass is 241 g/mol. The molecule has 0 aromatic carbocycles. The van der Waals surface area contributed by atoms with Crippen LogP contribution in [0.25, 0.3) is 0 Å². The number of hydrogen-bond acceptors (Lipinski definition) is 4. The molecule has 0 fully saturated rings. The number of rotatable bonds is 2. The molecule has 0 amide bonds. The highest BCUT2D eigenvalue weighted by Gasteiger charge is 2.15. The number of pyridine rings is 1. The standard InChI is InChI=1S/C7H4BrN3O2/c8-6-2-1-5(3-4-9)7(10-6)11(12)13/h1-2H,3H2. The molecule has 1 aromatic rings. The summed E-state index contributed by atoms with van der Waals surface area (Å²) in [6.45, 7) is 0. The predicted molar refractivity (Wildman–Crippen MR) is 47.9 cm³/mol. The summed E-state index contributed by atoms with van der Waals surface area (Å²) in [6.07, 6.45) is -0.00338. The first kappa shape index (κ1) is 9.61. The maximum atomic E-state index is 10.5. The second-order valence-corrected chi connectivity index (χ2v) is 3.02. The molecule has 1 aromatic heterocycles. The van der Waals surface area contributed by atoms with E-state index in [4.69, 9.17) is 5.26 Å². The quantitative estimate of drug-likeness (QED) is 0.450. The van der Waals surface area contributed by atoms with Crippen molar-refractivity contribution in [3.8, 4) is 6.07 Å². The van der Waals surface area contributed by atoms with Gasteiger partial charge in [0, 0.05) is 15.9 Å². The van der Waals surface area contributed by atoms with E-state index in [2.05, 4.69) is 20.9 Å². The Hall–Kier alpha value is -1.48. The lowest BCUT2D eigenvalue weighted by molar-refractivity contribution is -0.390. The molecule has 6 heteroatoms. The van der Waals surface area contributed by atoms with E-state index in [1.165, 1.54) is 6.07 Å². The molecule has 5 nitrogen and oxygen atoms in total. The summed E-state index contributed by atoms with van der Waals surface area (Å²) >= 11 is 3.02. The van der Waals surface area contributed by atoms with Crippen molar-refractivity contribution < 1.29 is 4.92 Å². The third kappa shape index (κ3) is 2.23. The number of nitriles is 1. The van der Waals surface area contributed by atoms with Gasteiger partial charge in [0.25, 0.3) is 0 Å². The van der Waals surface area contributed by atoms with Crippen LogP contribution in [0.1, 0.15) is 5.56 Å². The Balaban J connectivity index is 3.20. The van der Waals surface area contributed by atoms with Gasteiger partial charge in [-0.15, -0.1) is 0 Å². The number of aromatic nitrogens is 1. The third-order valence-corrected chi connectivity index (χ3v) is 1.81. The zero-order chi connectivity index (χ0) is 9.84. The molecule has 0 N–H and O–H groups in total. The van der Waals surface area contributed by atoms with Gasteiger partial charge in [0.2, 0.25) is 4.60 Å². The van der Waals surface area contributed by atoms with Crippen LogP contribution in [0.4, 0.5) is 5.82 Å².